The van der Waals surface area contributed by atoms with E-state index in [-0.39, 0.29) is 5.91 Å². The quantitative estimate of drug-likeness (QED) is 0.501. The number of amides is 1. The second kappa shape index (κ2) is 11.3. The lowest BCUT2D eigenvalue weighted by molar-refractivity contribution is -0.128. The van der Waals surface area contributed by atoms with Gasteiger partial charge < -0.3 is 20.3 Å². The van der Waals surface area contributed by atoms with E-state index in [2.05, 4.69) is 52.6 Å². The lowest BCUT2D eigenvalue weighted by Crippen LogP contribution is -2.52. The summed E-state index contributed by atoms with van der Waals surface area (Å²) in [6.45, 7) is 11.2. The summed E-state index contributed by atoms with van der Waals surface area (Å²) >= 11 is 0. The highest BCUT2D eigenvalue weighted by Gasteiger charge is 2.24. The van der Waals surface area contributed by atoms with E-state index in [4.69, 9.17) is 4.74 Å². The lowest BCUT2D eigenvalue weighted by Gasteiger charge is -2.37. The molecule has 1 aromatic rings. The third-order valence-electron chi connectivity index (χ3n) is 6.08. The predicted molar refractivity (Wildman–Crippen MR) is 120 cm³/mol. The van der Waals surface area contributed by atoms with Crippen LogP contribution in [0.5, 0.6) is 0 Å². The molecule has 2 fully saturated rings. The molecule has 2 heterocycles. The van der Waals surface area contributed by atoms with Gasteiger partial charge in [0.25, 0.3) is 0 Å². The minimum Gasteiger partial charge on any atom is -0.379 e. The molecular weight excluding hydrogens is 378 g/mol. The average molecular weight is 416 g/mol. The van der Waals surface area contributed by atoms with Gasteiger partial charge in [-0.3, -0.25) is 14.7 Å². The van der Waals surface area contributed by atoms with Crippen molar-refractivity contribution in [3.8, 4) is 0 Å². The van der Waals surface area contributed by atoms with Gasteiger partial charge in [-0.2, -0.15) is 0 Å². The largest absolute Gasteiger partial charge is 0.379 e. The Hall–Kier alpha value is -2.12. The zero-order valence-corrected chi connectivity index (χ0v) is 18.7. The molecule has 1 amide bonds. The van der Waals surface area contributed by atoms with Crippen molar-refractivity contribution in [2.45, 2.75) is 45.8 Å². The van der Waals surface area contributed by atoms with Crippen LogP contribution >= 0.6 is 0 Å². The number of morpholine rings is 1. The second-order valence-electron chi connectivity index (χ2n) is 8.45. The molecule has 2 saturated heterocycles. The first-order valence-corrected chi connectivity index (χ1v) is 11.2. The minimum absolute atomic E-state index is 0.262. The standard InChI is InChI=1S/C23H37N5O2/c1-18(2)21(27-11-13-30-14-12-27)16-26-23(24-3)25-15-19-7-4-5-8-20(19)17-28-10-6-9-22(28)29/h4-5,7-8,18,21H,6,9-17H2,1-3H3,(H2,24,25,26). The van der Waals surface area contributed by atoms with Gasteiger partial charge in [0, 0.05) is 58.8 Å². The summed E-state index contributed by atoms with van der Waals surface area (Å²) in [5, 5.41) is 6.96. The van der Waals surface area contributed by atoms with Gasteiger partial charge in [0.15, 0.2) is 5.96 Å². The summed E-state index contributed by atoms with van der Waals surface area (Å²) < 4.78 is 5.51. The van der Waals surface area contributed by atoms with Crippen molar-refractivity contribution in [3.05, 3.63) is 35.4 Å². The first-order chi connectivity index (χ1) is 14.6. The van der Waals surface area contributed by atoms with Crippen molar-refractivity contribution in [1.82, 2.24) is 20.4 Å². The van der Waals surface area contributed by atoms with E-state index in [0.29, 0.717) is 31.5 Å². The number of carbonyl (C=O) groups excluding carboxylic acids is 1. The predicted octanol–water partition coefficient (Wildman–Crippen LogP) is 1.83. The molecule has 0 spiro atoms. The molecule has 2 aliphatic heterocycles. The molecule has 166 valence electrons. The van der Waals surface area contributed by atoms with E-state index in [1.807, 2.05) is 18.0 Å². The molecule has 0 bridgehead atoms. The summed E-state index contributed by atoms with van der Waals surface area (Å²) in [5.41, 5.74) is 2.40. The number of likely N-dealkylation sites (tertiary alicyclic amines) is 1. The van der Waals surface area contributed by atoms with Crippen LogP contribution in [0.4, 0.5) is 0 Å². The Kier molecular flexibility index (Phi) is 8.51. The Morgan fingerprint density at radius 2 is 1.87 bits per heavy atom. The van der Waals surface area contributed by atoms with Gasteiger partial charge in [0.1, 0.15) is 0 Å². The summed E-state index contributed by atoms with van der Waals surface area (Å²) in [6, 6.07) is 8.78. The Balaban J connectivity index is 1.54. The second-order valence-corrected chi connectivity index (χ2v) is 8.45. The van der Waals surface area contributed by atoms with Crippen LogP contribution in [-0.4, -0.2) is 74.1 Å². The molecule has 0 radical (unpaired) electrons. The SMILES string of the molecule is CN=C(NCc1ccccc1CN1CCCC1=O)NCC(C(C)C)N1CCOCC1. The molecule has 2 aliphatic rings. The van der Waals surface area contributed by atoms with Crippen molar-refractivity contribution in [3.63, 3.8) is 0 Å². The smallest absolute Gasteiger partial charge is 0.222 e. The zero-order valence-electron chi connectivity index (χ0n) is 18.7. The van der Waals surface area contributed by atoms with Crippen LogP contribution in [0.2, 0.25) is 0 Å². The fourth-order valence-corrected chi connectivity index (χ4v) is 4.26. The normalized spacial score (nSPS) is 19.4. The Labute approximate surface area is 180 Å². The average Bonchev–Trinajstić information content (AvgIpc) is 3.16. The topological polar surface area (TPSA) is 69.2 Å². The summed E-state index contributed by atoms with van der Waals surface area (Å²) in [5.74, 6) is 1.62. The number of benzene rings is 1. The van der Waals surface area contributed by atoms with E-state index in [1.54, 1.807) is 0 Å². The number of aliphatic imine (C=N–C) groups is 1. The van der Waals surface area contributed by atoms with Crippen LogP contribution in [0, 0.1) is 5.92 Å². The maximum atomic E-state index is 12.0. The Morgan fingerprint density at radius 1 is 1.13 bits per heavy atom. The number of nitrogens with zero attached hydrogens (tertiary/aromatic N) is 3. The van der Waals surface area contributed by atoms with Gasteiger partial charge in [0.05, 0.1) is 13.2 Å². The minimum atomic E-state index is 0.262. The van der Waals surface area contributed by atoms with E-state index < -0.39 is 0 Å². The fraction of sp³-hybridized carbons (Fsp3) is 0.652. The Morgan fingerprint density at radius 3 is 2.50 bits per heavy atom. The van der Waals surface area contributed by atoms with Crippen molar-refractivity contribution in [1.29, 1.82) is 0 Å². The number of guanidine groups is 1. The fourth-order valence-electron chi connectivity index (χ4n) is 4.26. The van der Waals surface area contributed by atoms with Gasteiger partial charge in [-0.05, 0) is 23.5 Å². The maximum Gasteiger partial charge on any atom is 0.222 e. The monoisotopic (exact) mass is 415 g/mol. The van der Waals surface area contributed by atoms with Crippen molar-refractivity contribution >= 4 is 11.9 Å². The van der Waals surface area contributed by atoms with Gasteiger partial charge in [-0.15, -0.1) is 0 Å². The van der Waals surface area contributed by atoms with Crippen LogP contribution in [0.3, 0.4) is 0 Å². The maximum absolute atomic E-state index is 12.0. The molecule has 0 aliphatic carbocycles. The van der Waals surface area contributed by atoms with Crippen molar-refractivity contribution in [2.75, 3.05) is 46.4 Å². The molecule has 0 saturated carbocycles. The summed E-state index contributed by atoms with van der Waals surface area (Å²) in [4.78, 5) is 20.9. The van der Waals surface area contributed by atoms with Crippen molar-refractivity contribution in [2.24, 2.45) is 10.9 Å². The molecule has 7 heteroatoms. The summed E-state index contributed by atoms with van der Waals surface area (Å²) in [6.07, 6.45) is 1.65. The molecule has 2 N–H and O–H groups in total. The number of carbonyl (C=O) groups is 1. The number of ether oxygens (including phenoxy) is 1. The number of rotatable bonds is 8. The first kappa shape index (κ1) is 22.6. The van der Waals surface area contributed by atoms with Crippen LogP contribution in [-0.2, 0) is 22.6 Å². The number of hydrogen-bond donors (Lipinski definition) is 2. The highest BCUT2D eigenvalue weighted by atomic mass is 16.5. The molecule has 7 nitrogen and oxygen atoms in total. The lowest BCUT2D eigenvalue weighted by atomic mass is 10.0. The van der Waals surface area contributed by atoms with Crippen LogP contribution in [0.1, 0.15) is 37.8 Å². The molecule has 0 aromatic heterocycles. The van der Waals surface area contributed by atoms with Crippen molar-refractivity contribution < 1.29 is 9.53 Å². The Bertz CT molecular complexity index is 715. The number of nitrogens with one attached hydrogen (secondary N) is 2. The van der Waals surface area contributed by atoms with Gasteiger partial charge in [-0.25, -0.2) is 0 Å². The van der Waals surface area contributed by atoms with E-state index in [9.17, 15) is 4.79 Å². The van der Waals surface area contributed by atoms with Gasteiger partial charge in [-0.1, -0.05) is 38.1 Å². The molecular formula is C23H37N5O2. The van der Waals surface area contributed by atoms with Crippen LogP contribution < -0.4 is 10.6 Å². The molecule has 1 atom stereocenters. The molecule has 3 rings (SSSR count). The van der Waals surface area contributed by atoms with E-state index in [1.165, 1.54) is 11.1 Å². The van der Waals surface area contributed by atoms with Gasteiger partial charge >= 0.3 is 0 Å². The van der Waals surface area contributed by atoms with Gasteiger partial charge in [0.2, 0.25) is 5.91 Å². The zero-order chi connectivity index (χ0) is 21.3. The molecule has 1 aromatic carbocycles. The third kappa shape index (κ3) is 6.19. The highest BCUT2D eigenvalue weighted by Crippen LogP contribution is 2.17. The third-order valence-corrected chi connectivity index (χ3v) is 6.08. The molecule has 30 heavy (non-hydrogen) atoms. The van der Waals surface area contributed by atoms with Crippen LogP contribution in [0.15, 0.2) is 29.3 Å². The van der Waals surface area contributed by atoms with E-state index in [0.717, 1.165) is 51.8 Å². The van der Waals surface area contributed by atoms with E-state index >= 15 is 0 Å². The first-order valence-electron chi connectivity index (χ1n) is 11.2. The van der Waals surface area contributed by atoms with Crippen LogP contribution in [0.25, 0.3) is 0 Å². The summed E-state index contributed by atoms with van der Waals surface area (Å²) in [7, 11) is 1.81. The number of hydrogen-bond acceptors (Lipinski definition) is 4. The molecule has 1 unspecified atom stereocenters. The highest BCUT2D eigenvalue weighted by molar-refractivity contribution is 5.79.